The highest BCUT2D eigenvalue weighted by atomic mass is 16.5. The van der Waals surface area contributed by atoms with Crippen LogP contribution in [0.25, 0.3) is 0 Å². The van der Waals surface area contributed by atoms with Gasteiger partial charge in [-0.25, -0.2) is 0 Å². The van der Waals surface area contributed by atoms with Crippen LogP contribution in [-0.2, 0) is 0 Å². The molecular weight excluding hydrogens is 262 g/mol. The Balaban J connectivity index is 1.58. The van der Waals surface area contributed by atoms with E-state index in [1.54, 1.807) is 0 Å². The van der Waals surface area contributed by atoms with Crippen LogP contribution in [0.15, 0.2) is 35.3 Å². The van der Waals surface area contributed by atoms with Gasteiger partial charge in [0.25, 0.3) is 0 Å². The average Bonchev–Trinajstić information content (AvgIpc) is 2.55. The highest BCUT2D eigenvalue weighted by Gasteiger charge is 2.13. The molecule has 0 unspecified atom stereocenters. The molecule has 1 saturated carbocycles. The summed E-state index contributed by atoms with van der Waals surface area (Å²) in [6.07, 6.45) is 7.52. The van der Waals surface area contributed by atoms with E-state index in [1.807, 2.05) is 37.4 Å². The average molecular weight is 289 g/mol. The minimum absolute atomic E-state index is 0.588. The van der Waals surface area contributed by atoms with Gasteiger partial charge in [0.15, 0.2) is 5.96 Å². The molecule has 0 heterocycles. The molecule has 0 bridgehead atoms. The van der Waals surface area contributed by atoms with Crippen LogP contribution < -0.4 is 15.4 Å². The van der Waals surface area contributed by atoms with Crippen molar-refractivity contribution in [2.45, 2.75) is 44.6 Å². The van der Waals surface area contributed by atoms with Crippen LogP contribution in [0.1, 0.15) is 38.5 Å². The van der Waals surface area contributed by atoms with E-state index < -0.39 is 0 Å². The zero-order valence-electron chi connectivity index (χ0n) is 13.0. The normalized spacial score (nSPS) is 16.5. The van der Waals surface area contributed by atoms with Crippen molar-refractivity contribution in [3.63, 3.8) is 0 Å². The van der Waals surface area contributed by atoms with Crippen molar-refractivity contribution >= 4 is 5.96 Å². The van der Waals surface area contributed by atoms with Crippen molar-refractivity contribution in [3.8, 4) is 5.75 Å². The Morgan fingerprint density at radius 3 is 2.67 bits per heavy atom. The van der Waals surface area contributed by atoms with Crippen molar-refractivity contribution in [2.24, 2.45) is 4.99 Å². The van der Waals surface area contributed by atoms with Crippen LogP contribution in [-0.4, -0.2) is 32.2 Å². The van der Waals surface area contributed by atoms with Gasteiger partial charge in [-0.2, -0.15) is 0 Å². The second-order valence-electron chi connectivity index (χ2n) is 5.49. The number of aliphatic imine (C=N–C) groups is 1. The molecule has 0 aliphatic heterocycles. The van der Waals surface area contributed by atoms with Crippen molar-refractivity contribution in [1.29, 1.82) is 0 Å². The summed E-state index contributed by atoms with van der Waals surface area (Å²) < 4.78 is 5.67. The zero-order chi connectivity index (χ0) is 14.8. The molecule has 1 aliphatic carbocycles. The van der Waals surface area contributed by atoms with Crippen molar-refractivity contribution < 1.29 is 4.74 Å². The zero-order valence-corrected chi connectivity index (χ0v) is 13.0. The summed E-state index contributed by atoms with van der Waals surface area (Å²) in [7, 11) is 1.83. The number of hydrogen-bond acceptors (Lipinski definition) is 2. The van der Waals surface area contributed by atoms with E-state index in [-0.39, 0.29) is 0 Å². The Kier molecular flexibility index (Phi) is 6.92. The van der Waals surface area contributed by atoms with E-state index in [1.165, 1.54) is 32.1 Å². The van der Waals surface area contributed by atoms with Gasteiger partial charge in [0.05, 0.1) is 6.61 Å². The first-order chi connectivity index (χ1) is 10.4. The fraction of sp³-hybridized carbons (Fsp3) is 0.588. The molecule has 1 aliphatic rings. The first kappa shape index (κ1) is 15.7. The number of para-hydroxylation sites is 1. The number of rotatable bonds is 6. The van der Waals surface area contributed by atoms with Gasteiger partial charge in [-0.15, -0.1) is 0 Å². The molecule has 0 amide bonds. The van der Waals surface area contributed by atoms with Gasteiger partial charge in [0.2, 0.25) is 0 Å². The Bertz CT molecular complexity index is 413. The molecule has 0 saturated heterocycles. The van der Waals surface area contributed by atoms with E-state index in [9.17, 15) is 0 Å². The first-order valence-electron chi connectivity index (χ1n) is 8.03. The Morgan fingerprint density at radius 2 is 1.95 bits per heavy atom. The lowest BCUT2D eigenvalue weighted by Gasteiger charge is -2.24. The third-order valence-corrected chi connectivity index (χ3v) is 3.80. The lowest BCUT2D eigenvalue weighted by molar-refractivity contribution is 0.311. The van der Waals surface area contributed by atoms with E-state index in [0.717, 1.165) is 31.3 Å². The molecule has 4 nitrogen and oxygen atoms in total. The summed E-state index contributed by atoms with van der Waals surface area (Å²) in [5.41, 5.74) is 0. The number of benzene rings is 1. The van der Waals surface area contributed by atoms with Gasteiger partial charge in [-0.05, 0) is 31.4 Å². The summed E-state index contributed by atoms with van der Waals surface area (Å²) >= 11 is 0. The van der Waals surface area contributed by atoms with Crippen molar-refractivity contribution in [2.75, 3.05) is 20.2 Å². The van der Waals surface area contributed by atoms with E-state index >= 15 is 0 Å². The van der Waals surface area contributed by atoms with E-state index in [0.29, 0.717) is 6.04 Å². The second kappa shape index (κ2) is 9.27. The Hall–Kier alpha value is -1.71. The minimum atomic E-state index is 0.588. The Labute approximate surface area is 128 Å². The lowest BCUT2D eigenvalue weighted by Crippen LogP contribution is -2.44. The summed E-state index contributed by atoms with van der Waals surface area (Å²) in [4.78, 5) is 4.29. The number of ether oxygens (including phenoxy) is 1. The van der Waals surface area contributed by atoms with Crippen LogP contribution in [0.5, 0.6) is 5.75 Å². The lowest BCUT2D eigenvalue weighted by atomic mass is 9.96. The SMILES string of the molecule is CN=C(NCCCOc1ccccc1)NC1CCCCC1. The predicted octanol–water partition coefficient (Wildman–Crippen LogP) is 2.95. The molecule has 0 radical (unpaired) electrons. The molecule has 0 atom stereocenters. The van der Waals surface area contributed by atoms with Crippen molar-refractivity contribution in [3.05, 3.63) is 30.3 Å². The quantitative estimate of drug-likeness (QED) is 0.481. The number of nitrogens with zero attached hydrogens (tertiary/aromatic N) is 1. The van der Waals surface area contributed by atoms with Gasteiger partial charge in [0.1, 0.15) is 5.75 Å². The molecule has 116 valence electrons. The largest absolute Gasteiger partial charge is 0.494 e. The number of guanidine groups is 1. The van der Waals surface area contributed by atoms with Gasteiger partial charge in [-0.3, -0.25) is 4.99 Å². The molecule has 4 heteroatoms. The molecule has 0 aromatic heterocycles. The molecule has 0 spiro atoms. The van der Waals surface area contributed by atoms with E-state index in [4.69, 9.17) is 4.74 Å². The summed E-state index contributed by atoms with van der Waals surface area (Å²) in [6.45, 7) is 1.59. The third-order valence-electron chi connectivity index (χ3n) is 3.80. The molecule has 1 fully saturated rings. The summed E-state index contributed by atoms with van der Waals surface area (Å²) in [5.74, 6) is 1.85. The third kappa shape index (κ3) is 6.06. The van der Waals surface area contributed by atoms with Gasteiger partial charge < -0.3 is 15.4 Å². The molecule has 1 aromatic rings. The Morgan fingerprint density at radius 1 is 1.19 bits per heavy atom. The number of hydrogen-bond donors (Lipinski definition) is 2. The molecule has 2 rings (SSSR count). The van der Waals surface area contributed by atoms with Crippen LogP contribution in [0.3, 0.4) is 0 Å². The van der Waals surface area contributed by atoms with E-state index in [2.05, 4.69) is 15.6 Å². The van der Waals surface area contributed by atoms with Crippen LogP contribution in [0.2, 0.25) is 0 Å². The summed E-state index contributed by atoms with van der Waals surface area (Å²) in [6, 6.07) is 10.5. The van der Waals surface area contributed by atoms with Gasteiger partial charge in [0, 0.05) is 19.6 Å². The maximum Gasteiger partial charge on any atom is 0.191 e. The molecule has 2 N–H and O–H groups in total. The molecule has 1 aromatic carbocycles. The minimum Gasteiger partial charge on any atom is -0.494 e. The van der Waals surface area contributed by atoms with Crippen LogP contribution >= 0.6 is 0 Å². The smallest absolute Gasteiger partial charge is 0.191 e. The number of nitrogens with one attached hydrogen (secondary N) is 2. The van der Waals surface area contributed by atoms with Gasteiger partial charge in [-0.1, -0.05) is 37.5 Å². The fourth-order valence-corrected chi connectivity index (χ4v) is 2.62. The van der Waals surface area contributed by atoms with Crippen molar-refractivity contribution in [1.82, 2.24) is 10.6 Å². The standard InChI is InChI=1S/C17H27N3O/c1-18-17(20-15-9-4-2-5-10-15)19-13-8-14-21-16-11-6-3-7-12-16/h3,6-7,11-12,15H,2,4-5,8-10,13-14H2,1H3,(H2,18,19,20). The first-order valence-corrected chi connectivity index (χ1v) is 8.03. The highest BCUT2D eigenvalue weighted by molar-refractivity contribution is 5.79. The van der Waals surface area contributed by atoms with Crippen LogP contribution in [0, 0.1) is 0 Å². The molecular formula is C17H27N3O. The predicted molar refractivity (Wildman–Crippen MR) is 87.9 cm³/mol. The van der Waals surface area contributed by atoms with Crippen LogP contribution in [0.4, 0.5) is 0 Å². The van der Waals surface area contributed by atoms with Gasteiger partial charge >= 0.3 is 0 Å². The maximum absolute atomic E-state index is 5.67. The maximum atomic E-state index is 5.67. The summed E-state index contributed by atoms with van der Waals surface area (Å²) in [5, 5.41) is 6.87. The topological polar surface area (TPSA) is 45.7 Å². The monoisotopic (exact) mass is 289 g/mol. The highest BCUT2D eigenvalue weighted by Crippen LogP contribution is 2.17. The fourth-order valence-electron chi connectivity index (χ4n) is 2.62. The second-order valence-corrected chi connectivity index (χ2v) is 5.49. The molecule has 21 heavy (non-hydrogen) atoms.